The Kier molecular flexibility index (Phi) is 4.47. The Morgan fingerprint density at radius 2 is 1.95 bits per heavy atom. The van der Waals surface area contributed by atoms with Crippen LogP contribution in [0.5, 0.6) is 0 Å². The summed E-state index contributed by atoms with van der Waals surface area (Å²) in [7, 11) is 0. The number of hydrogen-bond acceptors (Lipinski definition) is 4. The number of esters is 1. The lowest BCUT2D eigenvalue weighted by molar-refractivity contribution is 0.0522. The van der Waals surface area contributed by atoms with E-state index < -0.39 is 0 Å². The average molecular weight is 273 g/mol. The van der Waals surface area contributed by atoms with E-state index in [9.17, 15) is 4.79 Å². The van der Waals surface area contributed by atoms with Crippen LogP contribution in [0.15, 0.2) is 58.3 Å². The Hall–Kier alpha value is -1.94. The lowest BCUT2D eigenvalue weighted by Gasteiger charge is -2.09. The van der Waals surface area contributed by atoms with E-state index in [0.717, 1.165) is 9.79 Å². The van der Waals surface area contributed by atoms with Crippen molar-refractivity contribution >= 4 is 23.4 Å². The molecule has 3 nitrogen and oxygen atoms in total. The highest BCUT2D eigenvalue weighted by Gasteiger charge is 2.13. The average Bonchev–Trinajstić information content (AvgIpc) is 2.42. The van der Waals surface area contributed by atoms with E-state index in [1.54, 1.807) is 19.1 Å². The fourth-order valence-corrected chi connectivity index (χ4v) is 2.56. The first kappa shape index (κ1) is 13.5. The van der Waals surface area contributed by atoms with Crippen LogP contribution in [0.4, 0.5) is 5.69 Å². The van der Waals surface area contributed by atoms with Crippen LogP contribution in [-0.4, -0.2) is 12.6 Å². The molecule has 0 saturated carbocycles. The van der Waals surface area contributed by atoms with Crippen molar-refractivity contribution in [1.29, 1.82) is 0 Å². The molecule has 2 N–H and O–H groups in total. The number of benzene rings is 2. The van der Waals surface area contributed by atoms with E-state index in [4.69, 9.17) is 10.5 Å². The van der Waals surface area contributed by atoms with Crippen molar-refractivity contribution in [1.82, 2.24) is 0 Å². The van der Waals surface area contributed by atoms with Gasteiger partial charge in [-0.3, -0.25) is 0 Å². The summed E-state index contributed by atoms with van der Waals surface area (Å²) in [6.07, 6.45) is 0. The molecule has 19 heavy (non-hydrogen) atoms. The van der Waals surface area contributed by atoms with Crippen LogP contribution in [0.1, 0.15) is 17.3 Å². The van der Waals surface area contributed by atoms with Gasteiger partial charge in [0.2, 0.25) is 0 Å². The Morgan fingerprint density at radius 3 is 2.63 bits per heavy atom. The van der Waals surface area contributed by atoms with Gasteiger partial charge in [-0.05, 0) is 37.3 Å². The van der Waals surface area contributed by atoms with Gasteiger partial charge in [0, 0.05) is 15.5 Å². The third-order valence-corrected chi connectivity index (χ3v) is 3.55. The number of anilines is 1. The molecule has 0 unspecified atom stereocenters. The monoisotopic (exact) mass is 273 g/mol. The van der Waals surface area contributed by atoms with Gasteiger partial charge < -0.3 is 10.5 Å². The molecule has 0 spiro atoms. The number of carbonyl (C=O) groups is 1. The van der Waals surface area contributed by atoms with Gasteiger partial charge in [0.25, 0.3) is 0 Å². The fourth-order valence-electron chi connectivity index (χ4n) is 1.62. The number of nitrogens with two attached hydrogens (primary N) is 1. The molecular weight excluding hydrogens is 258 g/mol. The molecule has 0 bridgehead atoms. The second-order valence-corrected chi connectivity index (χ2v) is 5.01. The van der Waals surface area contributed by atoms with E-state index in [-0.39, 0.29) is 5.97 Å². The number of hydrogen-bond donors (Lipinski definition) is 1. The molecule has 0 aliphatic heterocycles. The van der Waals surface area contributed by atoms with Gasteiger partial charge in [-0.25, -0.2) is 4.79 Å². The van der Waals surface area contributed by atoms with Gasteiger partial charge in [0.05, 0.1) is 12.2 Å². The van der Waals surface area contributed by atoms with Gasteiger partial charge in [0.1, 0.15) is 0 Å². The standard InChI is InChI=1S/C15H15NO2S/c1-2-18-15(17)13-10-11(16)8-9-14(13)19-12-6-4-3-5-7-12/h3-10H,2,16H2,1H3. The zero-order valence-electron chi connectivity index (χ0n) is 10.6. The molecule has 0 heterocycles. The summed E-state index contributed by atoms with van der Waals surface area (Å²) in [6, 6.07) is 15.2. The van der Waals surface area contributed by atoms with Gasteiger partial charge in [-0.1, -0.05) is 30.0 Å². The van der Waals surface area contributed by atoms with Crippen molar-refractivity contribution in [2.45, 2.75) is 16.7 Å². The van der Waals surface area contributed by atoms with Crippen LogP contribution in [0, 0.1) is 0 Å². The molecule has 0 aliphatic rings. The van der Waals surface area contributed by atoms with Gasteiger partial charge in [-0.15, -0.1) is 0 Å². The van der Waals surface area contributed by atoms with Crippen molar-refractivity contribution in [2.75, 3.05) is 12.3 Å². The maximum Gasteiger partial charge on any atom is 0.339 e. The SMILES string of the molecule is CCOC(=O)c1cc(N)ccc1Sc1ccccc1. The number of carbonyl (C=O) groups excluding carboxylic acids is 1. The highest BCUT2D eigenvalue weighted by Crippen LogP contribution is 2.31. The van der Waals surface area contributed by atoms with Crippen molar-refractivity contribution < 1.29 is 9.53 Å². The lowest BCUT2D eigenvalue weighted by atomic mass is 10.2. The molecule has 4 heteroatoms. The number of rotatable bonds is 4. The molecule has 0 amide bonds. The summed E-state index contributed by atoms with van der Waals surface area (Å²) in [5, 5.41) is 0. The molecule has 98 valence electrons. The van der Waals surface area contributed by atoms with Crippen molar-refractivity contribution in [3.8, 4) is 0 Å². The first-order chi connectivity index (χ1) is 9.20. The van der Waals surface area contributed by atoms with Crippen LogP contribution in [0.2, 0.25) is 0 Å². The fraction of sp³-hybridized carbons (Fsp3) is 0.133. The molecule has 2 rings (SSSR count). The summed E-state index contributed by atoms with van der Waals surface area (Å²) in [5.41, 5.74) is 6.80. The normalized spacial score (nSPS) is 10.2. The summed E-state index contributed by atoms with van der Waals surface area (Å²) < 4.78 is 5.05. The maximum absolute atomic E-state index is 11.9. The molecule has 0 radical (unpaired) electrons. The molecule has 0 fully saturated rings. The summed E-state index contributed by atoms with van der Waals surface area (Å²) >= 11 is 1.52. The van der Waals surface area contributed by atoms with E-state index in [1.165, 1.54) is 11.8 Å². The molecule has 2 aromatic carbocycles. The molecule has 0 atom stereocenters. The minimum absolute atomic E-state index is 0.340. The zero-order chi connectivity index (χ0) is 13.7. The second-order valence-electron chi connectivity index (χ2n) is 3.89. The van der Waals surface area contributed by atoms with Crippen molar-refractivity contribution in [3.05, 3.63) is 54.1 Å². The minimum Gasteiger partial charge on any atom is -0.462 e. The van der Waals surface area contributed by atoms with Crippen molar-refractivity contribution in [3.63, 3.8) is 0 Å². The molecular formula is C15H15NO2S. The van der Waals surface area contributed by atoms with Crippen LogP contribution in [-0.2, 0) is 4.74 Å². The molecule has 0 aliphatic carbocycles. The first-order valence-electron chi connectivity index (χ1n) is 6.00. The molecule has 0 saturated heterocycles. The van der Waals surface area contributed by atoms with Crippen molar-refractivity contribution in [2.24, 2.45) is 0 Å². The number of nitrogen functional groups attached to an aromatic ring is 1. The smallest absolute Gasteiger partial charge is 0.339 e. The quantitative estimate of drug-likeness (QED) is 0.683. The minimum atomic E-state index is -0.340. The zero-order valence-corrected chi connectivity index (χ0v) is 11.4. The van der Waals surface area contributed by atoms with E-state index in [2.05, 4.69) is 0 Å². The number of ether oxygens (including phenoxy) is 1. The highest BCUT2D eigenvalue weighted by atomic mass is 32.2. The third-order valence-electron chi connectivity index (χ3n) is 2.47. The second kappa shape index (κ2) is 6.29. The van der Waals surface area contributed by atoms with Gasteiger partial charge in [0.15, 0.2) is 0 Å². The van der Waals surface area contributed by atoms with E-state index >= 15 is 0 Å². The summed E-state index contributed by atoms with van der Waals surface area (Å²) in [4.78, 5) is 13.8. The molecule has 2 aromatic rings. The Bertz CT molecular complexity index is 570. The maximum atomic E-state index is 11.9. The Labute approximate surface area is 116 Å². The largest absolute Gasteiger partial charge is 0.462 e. The highest BCUT2D eigenvalue weighted by molar-refractivity contribution is 7.99. The predicted molar refractivity (Wildman–Crippen MR) is 77.4 cm³/mol. The summed E-state index contributed by atoms with van der Waals surface area (Å²) in [5.74, 6) is -0.340. The predicted octanol–water partition coefficient (Wildman–Crippen LogP) is 3.60. The summed E-state index contributed by atoms with van der Waals surface area (Å²) in [6.45, 7) is 2.14. The Morgan fingerprint density at radius 1 is 1.21 bits per heavy atom. The van der Waals surface area contributed by atoms with Gasteiger partial charge in [-0.2, -0.15) is 0 Å². The topological polar surface area (TPSA) is 52.3 Å². The lowest BCUT2D eigenvalue weighted by Crippen LogP contribution is -2.06. The first-order valence-corrected chi connectivity index (χ1v) is 6.82. The third kappa shape index (κ3) is 3.51. The van der Waals surface area contributed by atoms with E-state index in [0.29, 0.717) is 17.9 Å². The van der Waals surface area contributed by atoms with Gasteiger partial charge >= 0.3 is 5.97 Å². The van der Waals surface area contributed by atoms with Crippen LogP contribution < -0.4 is 5.73 Å². The molecule has 0 aromatic heterocycles. The van der Waals surface area contributed by atoms with Crippen LogP contribution in [0.25, 0.3) is 0 Å². The van der Waals surface area contributed by atoms with E-state index in [1.807, 2.05) is 36.4 Å². The van der Waals surface area contributed by atoms with Crippen LogP contribution >= 0.6 is 11.8 Å². The Balaban J connectivity index is 2.32. The van der Waals surface area contributed by atoms with Crippen LogP contribution in [0.3, 0.4) is 0 Å².